The predicted molar refractivity (Wildman–Crippen MR) is 93.0 cm³/mol. The Balaban J connectivity index is 1.73. The van der Waals surface area contributed by atoms with E-state index < -0.39 is 0 Å². The minimum absolute atomic E-state index is 0.0475. The van der Waals surface area contributed by atoms with E-state index in [0.717, 1.165) is 5.69 Å². The Hall–Kier alpha value is -2.74. The Bertz CT molecular complexity index is 816. The molecule has 124 valence electrons. The molecule has 0 fully saturated rings. The van der Waals surface area contributed by atoms with Gasteiger partial charge in [0, 0.05) is 12.7 Å². The second kappa shape index (κ2) is 6.79. The summed E-state index contributed by atoms with van der Waals surface area (Å²) in [6, 6.07) is 13.0. The van der Waals surface area contributed by atoms with Crippen LogP contribution < -0.4 is 10.7 Å². The minimum Gasteiger partial charge on any atom is -0.461 e. The zero-order valence-corrected chi connectivity index (χ0v) is 14.1. The van der Waals surface area contributed by atoms with Crippen molar-refractivity contribution >= 4 is 23.4 Å². The molecule has 0 aliphatic carbocycles. The number of nitrogens with two attached hydrogens (primary N) is 1. The molecule has 1 unspecified atom stereocenters. The predicted octanol–water partition coefficient (Wildman–Crippen LogP) is 2.40. The number of anilines is 1. The molecule has 2 heterocycles. The van der Waals surface area contributed by atoms with Gasteiger partial charge >= 0.3 is 0 Å². The number of rotatable bonds is 5. The lowest BCUT2D eigenvalue weighted by Gasteiger charge is -2.20. The number of thioether (sulfide) groups is 1. The van der Waals surface area contributed by atoms with Gasteiger partial charge in [-0.1, -0.05) is 30.0 Å². The highest BCUT2D eigenvalue weighted by Gasteiger charge is 2.23. The summed E-state index contributed by atoms with van der Waals surface area (Å²) in [4.78, 5) is 14.2. The average molecular weight is 343 g/mol. The van der Waals surface area contributed by atoms with Crippen molar-refractivity contribution in [2.24, 2.45) is 0 Å². The summed E-state index contributed by atoms with van der Waals surface area (Å²) in [5.74, 6) is 6.91. The summed E-state index contributed by atoms with van der Waals surface area (Å²) < 4.78 is 6.60. The number of amides is 1. The van der Waals surface area contributed by atoms with Crippen LogP contribution in [0.1, 0.15) is 6.92 Å². The van der Waals surface area contributed by atoms with Crippen LogP contribution in [0.25, 0.3) is 11.6 Å². The molecule has 1 atom stereocenters. The van der Waals surface area contributed by atoms with E-state index in [-0.39, 0.29) is 11.2 Å². The molecule has 0 saturated carbocycles. The third kappa shape index (κ3) is 3.13. The molecule has 3 rings (SSSR count). The first-order chi connectivity index (χ1) is 11.6. The molecule has 1 aromatic carbocycles. The molecule has 24 heavy (non-hydrogen) atoms. The number of carbonyl (C=O) groups is 1. The molecular weight excluding hydrogens is 326 g/mol. The molecule has 0 aliphatic rings. The molecule has 2 aromatic heterocycles. The lowest BCUT2D eigenvalue weighted by Crippen LogP contribution is -2.33. The normalized spacial score (nSPS) is 12.1. The molecule has 8 heteroatoms. The summed E-state index contributed by atoms with van der Waals surface area (Å²) in [6.07, 6.45) is 1.54. The monoisotopic (exact) mass is 343 g/mol. The van der Waals surface area contributed by atoms with Crippen LogP contribution in [0.15, 0.2) is 58.3 Å². The first kappa shape index (κ1) is 16.1. The van der Waals surface area contributed by atoms with E-state index in [9.17, 15) is 4.79 Å². The molecule has 3 aromatic rings. The molecule has 1 amide bonds. The highest BCUT2D eigenvalue weighted by molar-refractivity contribution is 8.00. The molecule has 7 nitrogen and oxygen atoms in total. The smallest absolute Gasteiger partial charge is 0.240 e. The number of para-hydroxylation sites is 1. The van der Waals surface area contributed by atoms with Gasteiger partial charge in [-0.2, -0.15) is 0 Å². The average Bonchev–Trinajstić information content (AvgIpc) is 3.25. The van der Waals surface area contributed by atoms with Gasteiger partial charge in [-0.15, -0.1) is 10.2 Å². The van der Waals surface area contributed by atoms with Crippen LogP contribution in [0.2, 0.25) is 0 Å². The van der Waals surface area contributed by atoms with Crippen molar-refractivity contribution < 1.29 is 9.21 Å². The van der Waals surface area contributed by atoms with Crippen molar-refractivity contribution in [3.8, 4) is 11.6 Å². The van der Waals surface area contributed by atoms with Gasteiger partial charge in [0.1, 0.15) is 0 Å². The lowest BCUT2D eigenvalue weighted by molar-refractivity contribution is -0.117. The van der Waals surface area contributed by atoms with Crippen molar-refractivity contribution in [2.75, 3.05) is 17.8 Å². The maximum absolute atomic E-state index is 12.6. The van der Waals surface area contributed by atoms with Crippen LogP contribution >= 0.6 is 11.8 Å². The highest BCUT2D eigenvalue weighted by Crippen LogP contribution is 2.26. The summed E-state index contributed by atoms with van der Waals surface area (Å²) >= 11 is 1.25. The standard InChI is InChI=1S/C16H17N5O2S/c1-11(15(22)20(2)12-7-4-3-5-8-12)24-16-19-18-14(21(16)17)13-9-6-10-23-13/h3-11H,17H2,1-2H3. The van der Waals surface area contributed by atoms with E-state index in [0.29, 0.717) is 16.7 Å². The number of benzene rings is 1. The third-order valence-electron chi connectivity index (χ3n) is 3.51. The van der Waals surface area contributed by atoms with Crippen molar-refractivity contribution in [3.63, 3.8) is 0 Å². The first-order valence-corrected chi connectivity index (χ1v) is 8.19. The lowest BCUT2D eigenvalue weighted by atomic mass is 10.3. The number of nitrogens with zero attached hydrogens (tertiary/aromatic N) is 4. The van der Waals surface area contributed by atoms with E-state index in [4.69, 9.17) is 10.3 Å². The van der Waals surface area contributed by atoms with Gasteiger partial charge in [0.05, 0.1) is 11.5 Å². The first-order valence-electron chi connectivity index (χ1n) is 7.31. The third-order valence-corrected chi connectivity index (χ3v) is 4.55. The van der Waals surface area contributed by atoms with E-state index in [1.54, 1.807) is 24.1 Å². The van der Waals surface area contributed by atoms with Gasteiger partial charge in [-0.3, -0.25) is 4.79 Å². The maximum Gasteiger partial charge on any atom is 0.240 e. The summed E-state index contributed by atoms with van der Waals surface area (Å²) in [7, 11) is 1.75. The fraction of sp³-hybridized carbons (Fsp3) is 0.188. The number of nitrogen functional groups attached to an aromatic ring is 1. The van der Waals surface area contributed by atoms with Crippen molar-refractivity contribution in [2.45, 2.75) is 17.3 Å². The van der Waals surface area contributed by atoms with Gasteiger partial charge in [0.15, 0.2) is 5.76 Å². The summed E-state index contributed by atoms with van der Waals surface area (Å²) in [6.45, 7) is 1.81. The second-order valence-electron chi connectivity index (χ2n) is 5.15. The van der Waals surface area contributed by atoms with E-state index >= 15 is 0 Å². The number of furan rings is 1. The largest absolute Gasteiger partial charge is 0.461 e. The van der Waals surface area contributed by atoms with Gasteiger partial charge < -0.3 is 15.2 Å². The zero-order chi connectivity index (χ0) is 17.1. The van der Waals surface area contributed by atoms with Crippen molar-refractivity contribution in [1.29, 1.82) is 0 Å². The molecule has 0 spiro atoms. The maximum atomic E-state index is 12.6. The number of aromatic nitrogens is 3. The molecule has 0 bridgehead atoms. The van der Waals surface area contributed by atoms with Gasteiger partial charge in [-0.25, -0.2) is 4.68 Å². The second-order valence-corrected chi connectivity index (χ2v) is 6.45. The summed E-state index contributed by atoms with van der Waals surface area (Å²) in [5.41, 5.74) is 0.834. The SMILES string of the molecule is CC(Sc1nnc(-c2ccco2)n1N)C(=O)N(C)c1ccccc1. The Kier molecular flexibility index (Phi) is 4.57. The molecule has 0 aliphatic heterocycles. The fourth-order valence-electron chi connectivity index (χ4n) is 2.19. The minimum atomic E-state index is -0.369. The topological polar surface area (TPSA) is 90.2 Å². The fourth-order valence-corrected chi connectivity index (χ4v) is 3.05. The van der Waals surface area contributed by atoms with Crippen molar-refractivity contribution in [1.82, 2.24) is 14.9 Å². The quantitative estimate of drug-likeness (QED) is 0.565. The van der Waals surface area contributed by atoms with Gasteiger partial charge in [0.2, 0.25) is 16.9 Å². The number of carbonyl (C=O) groups excluding carboxylic acids is 1. The van der Waals surface area contributed by atoms with Crippen LogP contribution in [-0.2, 0) is 4.79 Å². The highest BCUT2D eigenvalue weighted by atomic mass is 32.2. The Morgan fingerprint density at radius 1 is 1.25 bits per heavy atom. The number of hydrogen-bond acceptors (Lipinski definition) is 6. The van der Waals surface area contributed by atoms with Gasteiger partial charge in [0.25, 0.3) is 0 Å². The Morgan fingerprint density at radius 3 is 2.67 bits per heavy atom. The van der Waals surface area contributed by atoms with Gasteiger partial charge in [-0.05, 0) is 31.2 Å². The zero-order valence-electron chi connectivity index (χ0n) is 13.3. The molecule has 0 radical (unpaired) electrons. The Morgan fingerprint density at radius 2 is 2.00 bits per heavy atom. The van der Waals surface area contributed by atoms with Crippen LogP contribution in [0.5, 0.6) is 0 Å². The van der Waals surface area contributed by atoms with E-state index in [1.165, 1.54) is 22.7 Å². The molecule has 0 saturated heterocycles. The molecule has 2 N–H and O–H groups in total. The Labute approximate surface area is 143 Å². The van der Waals surface area contributed by atoms with Crippen LogP contribution in [-0.4, -0.2) is 33.1 Å². The van der Waals surface area contributed by atoms with E-state index in [2.05, 4.69) is 10.2 Å². The van der Waals surface area contributed by atoms with E-state index in [1.807, 2.05) is 37.3 Å². The summed E-state index contributed by atoms with van der Waals surface area (Å²) in [5, 5.41) is 8.15. The van der Waals surface area contributed by atoms with Crippen LogP contribution in [0.4, 0.5) is 5.69 Å². The molecular formula is C16H17N5O2S. The van der Waals surface area contributed by atoms with Crippen molar-refractivity contribution in [3.05, 3.63) is 48.7 Å². The van der Waals surface area contributed by atoms with Crippen LogP contribution in [0.3, 0.4) is 0 Å². The number of hydrogen-bond donors (Lipinski definition) is 1. The van der Waals surface area contributed by atoms with Crippen LogP contribution in [0, 0.1) is 0 Å².